The molecule has 0 nitrogen and oxygen atoms in total. The first-order valence-corrected chi connectivity index (χ1v) is 4.60. The summed E-state index contributed by atoms with van der Waals surface area (Å²) >= 11 is 0. The van der Waals surface area contributed by atoms with Gasteiger partial charge in [0, 0.05) is 0 Å². The zero-order valence-electron chi connectivity index (χ0n) is 7.42. The number of hydrogen-bond acceptors (Lipinski definition) is 0. The van der Waals surface area contributed by atoms with Crippen LogP contribution in [0.15, 0.2) is 24.8 Å². The maximum Gasteiger partial charge on any atom is -0.0228 e. The SMILES string of the molecule is C=CC[C@@H](C)CC1C=CCC1. The molecule has 0 spiro atoms. The Morgan fingerprint density at radius 2 is 2.55 bits per heavy atom. The summed E-state index contributed by atoms with van der Waals surface area (Å²) in [7, 11) is 0. The van der Waals surface area contributed by atoms with Crippen molar-refractivity contribution in [1.82, 2.24) is 0 Å². The third-order valence-electron chi connectivity index (χ3n) is 2.39. The van der Waals surface area contributed by atoms with Crippen molar-refractivity contribution in [2.75, 3.05) is 0 Å². The fourth-order valence-corrected chi connectivity index (χ4v) is 1.79. The van der Waals surface area contributed by atoms with E-state index in [1.807, 2.05) is 6.08 Å². The van der Waals surface area contributed by atoms with Gasteiger partial charge in [0.1, 0.15) is 0 Å². The fourth-order valence-electron chi connectivity index (χ4n) is 1.79. The van der Waals surface area contributed by atoms with E-state index in [1.165, 1.54) is 25.7 Å². The van der Waals surface area contributed by atoms with E-state index in [1.54, 1.807) is 0 Å². The Hall–Kier alpha value is -0.520. The molecule has 0 heteroatoms. The Bertz CT molecular complexity index is 144. The molecule has 0 aromatic carbocycles. The van der Waals surface area contributed by atoms with Crippen molar-refractivity contribution in [3.8, 4) is 0 Å². The van der Waals surface area contributed by atoms with Gasteiger partial charge in [0.05, 0.1) is 0 Å². The average molecular weight is 150 g/mol. The minimum absolute atomic E-state index is 0.820. The molecule has 0 aromatic heterocycles. The number of allylic oxidation sites excluding steroid dienone is 3. The van der Waals surface area contributed by atoms with E-state index in [-0.39, 0.29) is 0 Å². The van der Waals surface area contributed by atoms with E-state index >= 15 is 0 Å². The van der Waals surface area contributed by atoms with Crippen LogP contribution in [0.1, 0.15) is 32.6 Å². The lowest BCUT2D eigenvalue weighted by Crippen LogP contribution is -2.00. The Labute approximate surface area is 70.0 Å². The zero-order chi connectivity index (χ0) is 8.10. The molecule has 1 aliphatic rings. The van der Waals surface area contributed by atoms with E-state index in [2.05, 4.69) is 25.7 Å². The van der Waals surface area contributed by atoms with E-state index in [0.717, 1.165) is 11.8 Å². The van der Waals surface area contributed by atoms with Crippen molar-refractivity contribution in [1.29, 1.82) is 0 Å². The van der Waals surface area contributed by atoms with E-state index < -0.39 is 0 Å². The molecule has 0 amide bonds. The zero-order valence-corrected chi connectivity index (χ0v) is 7.42. The highest BCUT2D eigenvalue weighted by Crippen LogP contribution is 2.25. The topological polar surface area (TPSA) is 0 Å². The van der Waals surface area contributed by atoms with Crippen LogP contribution >= 0.6 is 0 Å². The second kappa shape index (κ2) is 4.38. The summed E-state index contributed by atoms with van der Waals surface area (Å²) in [5.74, 6) is 1.69. The summed E-state index contributed by atoms with van der Waals surface area (Å²) < 4.78 is 0. The molecule has 0 N–H and O–H groups in total. The maximum absolute atomic E-state index is 3.76. The molecule has 0 aromatic rings. The molecule has 0 aliphatic heterocycles. The van der Waals surface area contributed by atoms with Gasteiger partial charge < -0.3 is 0 Å². The van der Waals surface area contributed by atoms with Crippen molar-refractivity contribution < 1.29 is 0 Å². The Morgan fingerprint density at radius 1 is 1.73 bits per heavy atom. The molecule has 0 saturated carbocycles. The van der Waals surface area contributed by atoms with Gasteiger partial charge in [0.2, 0.25) is 0 Å². The predicted octanol–water partition coefficient (Wildman–Crippen LogP) is 3.55. The van der Waals surface area contributed by atoms with Crippen LogP contribution in [0.3, 0.4) is 0 Å². The van der Waals surface area contributed by atoms with Crippen LogP contribution in [0.4, 0.5) is 0 Å². The number of hydrogen-bond donors (Lipinski definition) is 0. The molecule has 0 saturated heterocycles. The van der Waals surface area contributed by atoms with Crippen LogP contribution < -0.4 is 0 Å². The van der Waals surface area contributed by atoms with Crippen molar-refractivity contribution >= 4 is 0 Å². The summed E-state index contributed by atoms with van der Waals surface area (Å²) in [4.78, 5) is 0. The Balaban J connectivity index is 2.18. The maximum atomic E-state index is 3.76. The molecule has 1 aliphatic carbocycles. The standard InChI is InChI=1S/C11H18/c1-3-6-10(2)9-11-7-4-5-8-11/h3-4,7,10-11H,1,5-6,8-9H2,2H3/t10-,11?/m1/s1. The monoisotopic (exact) mass is 150 g/mol. The summed E-state index contributed by atoms with van der Waals surface area (Å²) in [6.07, 6.45) is 11.9. The van der Waals surface area contributed by atoms with Crippen LogP contribution in [0.25, 0.3) is 0 Å². The third-order valence-corrected chi connectivity index (χ3v) is 2.39. The molecule has 0 bridgehead atoms. The van der Waals surface area contributed by atoms with Crippen LogP contribution in [-0.2, 0) is 0 Å². The highest BCUT2D eigenvalue weighted by molar-refractivity contribution is 4.96. The lowest BCUT2D eigenvalue weighted by atomic mass is 9.93. The molecule has 0 fully saturated rings. The predicted molar refractivity (Wildman–Crippen MR) is 50.5 cm³/mol. The molecule has 62 valence electrons. The minimum Gasteiger partial charge on any atom is -0.103 e. The molecule has 1 unspecified atom stereocenters. The third kappa shape index (κ3) is 2.92. The molecule has 0 heterocycles. The molecular formula is C11H18. The van der Waals surface area contributed by atoms with Crippen LogP contribution in [0.5, 0.6) is 0 Å². The summed E-state index contributed by atoms with van der Waals surface area (Å²) in [6.45, 7) is 6.07. The first-order chi connectivity index (χ1) is 5.33. The van der Waals surface area contributed by atoms with Gasteiger partial charge in [-0.3, -0.25) is 0 Å². The molecule has 2 atom stereocenters. The van der Waals surface area contributed by atoms with Crippen molar-refractivity contribution in [2.24, 2.45) is 11.8 Å². The van der Waals surface area contributed by atoms with E-state index in [0.29, 0.717) is 0 Å². The first kappa shape index (κ1) is 8.58. The van der Waals surface area contributed by atoms with E-state index in [9.17, 15) is 0 Å². The van der Waals surface area contributed by atoms with Crippen LogP contribution in [0, 0.1) is 11.8 Å². The molecular weight excluding hydrogens is 132 g/mol. The van der Waals surface area contributed by atoms with Gasteiger partial charge in [0.15, 0.2) is 0 Å². The second-order valence-corrected chi connectivity index (χ2v) is 3.63. The normalized spacial score (nSPS) is 25.4. The van der Waals surface area contributed by atoms with Crippen LogP contribution in [0.2, 0.25) is 0 Å². The highest BCUT2D eigenvalue weighted by Gasteiger charge is 2.11. The lowest BCUT2D eigenvalue weighted by molar-refractivity contribution is 0.444. The molecule has 1 rings (SSSR count). The van der Waals surface area contributed by atoms with Gasteiger partial charge in [0.25, 0.3) is 0 Å². The van der Waals surface area contributed by atoms with Gasteiger partial charge in [-0.15, -0.1) is 6.58 Å². The van der Waals surface area contributed by atoms with Gasteiger partial charge >= 0.3 is 0 Å². The minimum atomic E-state index is 0.820. The van der Waals surface area contributed by atoms with E-state index in [4.69, 9.17) is 0 Å². The highest BCUT2D eigenvalue weighted by atomic mass is 14.2. The molecule has 11 heavy (non-hydrogen) atoms. The van der Waals surface area contributed by atoms with Gasteiger partial charge in [-0.25, -0.2) is 0 Å². The second-order valence-electron chi connectivity index (χ2n) is 3.63. The lowest BCUT2D eigenvalue weighted by Gasteiger charge is -2.12. The van der Waals surface area contributed by atoms with Gasteiger partial charge in [-0.05, 0) is 37.5 Å². The van der Waals surface area contributed by atoms with Gasteiger partial charge in [-0.1, -0.05) is 25.2 Å². The smallest absolute Gasteiger partial charge is 0.0228 e. The van der Waals surface area contributed by atoms with Crippen LogP contribution in [-0.4, -0.2) is 0 Å². The first-order valence-electron chi connectivity index (χ1n) is 4.60. The Kier molecular flexibility index (Phi) is 3.41. The van der Waals surface area contributed by atoms with Gasteiger partial charge in [-0.2, -0.15) is 0 Å². The fraction of sp³-hybridized carbons (Fsp3) is 0.636. The molecule has 0 radical (unpaired) electrons. The summed E-state index contributed by atoms with van der Waals surface area (Å²) in [6, 6.07) is 0. The largest absolute Gasteiger partial charge is 0.103 e. The van der Waals surface area contributed by atoms with Crippen molar-refractivity contribution in [2.45, 2.75) is 32.6 Å². The number of rotatable bonds is 4. The Morgan fingerprint density at radius 3 is 3.09 bits per heavy atom. The van der Waals surface area contributed by atoms with Crippen molar-refractivity contribution in [3.05, 3.63) is 24.8 Å². The van der Waals surface area contributed by atoms with Crippen molar-refractivity contribution in [3.63, 3.8) is 0 Å². The average Bonchev–Trinajstić information content (AvgIpc) is 2.40. The summed E-state index contributed by atoms with van der Waals surface area (Å²) in [5, 5.41) is 0. The summed E-state index contributed by atoms with van der Waals surface area (Å²) in [5.41, 5.74) is 0. The quantitative estimate of drug-likeness (QED) is 0.537.